The summed E-state index contributed by atoms with van der Waals surface area (Å²) in [6.07, 6.45) is 0. The number of thiazole rings is 1. The summed E-state index contributed by atoms with van der Waals surface area (Å²) < 4.78 is 6.57. The van der Waals surface area contributed by atoms with E-state index in [-0.39, 0.29) is 5.91 Å². The Kier molecular flexibility index (Phi) is 5.54. The number of hydrogen-bond donors (Lipinski definition) is 0. The molecule has 1 aromatic carbocycles. The van der Waals surface area contributed by atoms with Crippen molar-refractivity contribution in [3.05, 3.63) is 45.6 Å². The van der Waals surface area contributed by atoms with E-state index in [9.17, 15) is 4.79 Å². The molecule has 0 radical (unpaired) electrons. The molecule has 4 rings (SSSR count). The first kappa shape index (κ1) is 18.6. The lowest BCUT2D eigenvalue weighted by Crippen LogP contribution is -2.43. The molecule has 1 aliphatic rings. The highest BCUT2D eigenvalue weighted by atomic mass is 32.1. The van der Waals surface area contributed by atoms with E-state index in [0.29, 0.717) is 6.54 Å². The fourth-order valence-electron chi connectivity index (χ4n) is 3.36. The summed E-state index contributed by atoms with van der Waals surface area (Å²) in [5, 5.41) is 2.73. The standard InChI is InChI=1S/C20H23N3O2S2/c1-14-12-15(2)18-17(13-14)27-20(21-18)23(19(24)16-4-3-11-26-16)6-5-22-7-9-25-10-8-22/h3-4,11-13H,5-10H2,1-2H3. The summed E-state index contributed by atoms with van der Waals surface area (Å²) in [5.41, 5.74) is 3.37. The lowest BCUT2D eigenvalue weighted by molar-refractivity contribution is 0.0391. The molecule has 0 N–H and O–H groups in total. The van der Waals surface area contributed by atoms with Crippen molar-refractivity contribution in [1.82, 2.24) is 9.88 Å². The number of rotatable bonds is 5. The van der Waals surface area contributed by atoms with Gasteiger partial charge in [0.05, 0.1) is 28.3 Å². The molecule has 1 aliphatic heterocycles. The zero-order valence-corrected chi connectivity index (χ0v) is 17.2. The van der Waals surface area contributed by atoms with Crippen molar-refractivity contribution in [3.63, 3.8) is 0 Å². The van der Waals surface area contributed by atoms with Gasteiger partial charge in [-0.25, -0.2) is 4.98 Å². The lowest BCUT2D eigenvalue weighted by Gasteiger charge is -2.29. The first-order valence-electron chi connectivity index (χ1n) is 9.15. The molecule has 2 aromatic heterocycles. The highest BCUT2D eigenvalue weighted by Crippen LogP contribution is 2.32. The number of hydrogen-bond acceptors (Lipinski definition) is 6. The van der Waals surface area contributed by atoms with E-state index in [1.807, 2.05) is 22.4 Å². The maximum atomic E-state index is 13.2. The number of nitrogens with zero attached hydrogens (tertiary/aromatic N) is 3. The number of morpholine rings is 1. The van der Waals surface area contributed by atoms with E-state index in [4.69, 9.17) is 9.72 Å². The molecule has 7 heteroatoms. The first-order valence-corrected chi connectivity index (χ1v) is 10.8. The lowest BCUT2D eigenvalue weighted by atomic mass is 10.1. The Morgan fingerprint density at radius 3 is 2.85 bits per heavy atom. The topological polar surface area (TPSA) is 45.7 Å². The molecule has 27 heavy (non-hydrogen) atoms. The molecule has 0 spiro atoms. The Balaban J connectivity index is 1.64. The van der Waals surface area contributed by atoms with Gasteiger partial charge in [0.25, 0.3) is 5.91 Å². The fraction of sp³-hybridized carbons (Fsp3) is 0.400. The molecule has 0 atom stereocenters. The number of aromatic nitrogens is 1. The third-order valence-corrected chi connectivity index (χ3v) is 6.65. The second-order valence-electron chi connectivity index (χ2n) is 6.81. The van der Waals surface area contributed by atoms with Crippen LogP contribution in [0.5, 0.6) is 0 Å². The van der Waals surface area contributed by atoms with Crippen LogP contribution in [0.25, 0.3) is 10.2 Å². The Bertz CT molecular complexity index is 930. The monoisotopic (exact) mass is 401 g/mol. The van der Waals surface area contributed by atoms with Crippen LogP contribution in [-0.4, -0.2) is 55.2 Å². The van der Waals surface area contributed by atoms with E-state index in [1.165, 1.54) is 16.9 Å². The van der Waals surface area contributed by atoms with Crippen molar-refractivity contribution >= 4 is 43.9 Å². The van der Waals surface area contributed by atoms with E-state index < -0.39 is 0 Å². The second-order valence-corrected chi connectivity index (χ2v) is 8.77. The van der Waals surface area contributed by atoms with Crippen LogP contribution in [-0.2, 0) is 4.74 Å². The molecule has 1 fully saturated rings. The van der Waals surface area contributed by atoms with Gasteiger partial charge in [0.2, 0.25) is 0 Å². The van der Waals surface area contributed by atoms with Gasteiger partial charge in [-0.05, 0) is 42.5 Å². The van der Waals surface area contributed by atoms with Crippen molar-refractivity contribution in [2.45, 2.75) is 13.8 Å². The smallest absolute Gasteiger partial charge is 0.270 e. The Hall–Kier alpha value is -1.80. The van der Waals surface area contributed by atoms with Gasteiger partial charge in [0.1, 0.15) is 0 Å². The molecule has 142 valence electrons. The van der Waals surface area contributed by atoms with Crippen molar-refractivity contribution in [1.29, 1.82) is 0 Å². The summed E-state index contributed by atoms with van der Waals surface area (Å²) >= 11 is 3.08. The minimum atomic E-state index is 0.0340. The minimum Gasteiger partial charge on any atom is -0.379 e. The van der Waals surface area contributed by atoms with Crippen LogP contribution in [0.15, 0.2) is 29.6 Å². The van der Waals surface area contributed by atoms with Gasteiger partial charge < -0.3 is 4.74 Å². The predicted molar refractivity (Wildman–Crippen MR) is 112 cm³/mol. The van der Waals surface area contributed by atoms with E-state index in [0.717, 1.165) is 58.6 Å². The number of amides is 1. The normalized spacial score (nSPS) is 15.3. The molecule has 0 bridgehead atoms. The highest BCUT2D eigenvalue weighted by molar-refractivity contribution is 7.22. The molecule has 3 heterocycles. The number of aryl methyl sites for hydroxylation is 2. The van der Waals surface area contributed by atoms with Gasteiger partial charge in [-0.2, -0.15) is 0 Å². The Morgan fingerprint density at radius 2 is 2.11 bits per heavy atom. The maximum absolute atomic E-state index is 13.2. The molecule has 1 amide bonds. The molecule has 1 saturated heterocycles. The Morgan fingerprint density at radius 1 is 1.30 bits per heavy atom. The fourth-order valence-corrected chi connectivity index (χ4v) is 5.20. The molecule has 3 aromatic rings. The molecule has 5 nitrogen and oxygen atoms in total. The highest BCUT2D eigenvalue weighted by Gasteiger charge is 2.23. The third kappa shape index (κ3) is 4.06. The van der Waals surface area contributed by atoms with E-state index in [1.54, 1.807) is 11.3 Å². The van der Waals surface area contributed by atoms with Gasteiger partial charge in [-0.1, -0.05) is 23.5 Å². The van der Waals surface area contributed by atoms with E-state index >= 15 is 0 Å². The van der Waals surface area contributed by atoms with Gasteiger partial charge in [-0.3, -0.25) is 14.6 Å². The first-order chi connectivity index (χ1) is 13.1. The molecular weight excluding hydrogens is 378 g/mol. The largest absolute Gasteiger partial charge is 0.379 e. The number of carbonyl (C=O) groups is 1. The van der Waals surface area contributed by atoms with Gasteiger partial charge in [0.15, 0.2) is 5.13 Å². The number of carbonyl (C=O) groups excluding carboxylic acids is 1. The Labute approximate surface area is 167 Å². The molecular formula is C20H23N3O2S2. The number of benzene rings is 1. The number of anilines is 1. The van der Waals surface area contributed by atoms with Crippen LogP contribution in [0.4, 0.5) is 5.13 Å². The predicted octanol–water partition coefficient (Wildman–Crippen LogP) is 3.95. The average molecular weight is 402 g/mol. The number of thiophene rings is 1. The number of fused-ring (bicyclic) bond motifs is 1. The van der Waals surface area contributed by atoms with Crippen LogP contribution >= 0.6 is 22.7 Å². The zero-order valence-electron chi connectivity index (χ0n) is 15.6. The summed E-state index contributed by atoms with van der Waals surface area (Å²) in [6, 6.07) is 8.10. The van der Waals surface area contributed by atoms with Crippen molar-refractivity contribution in [2.24, 2.45) is 0 Å². The van der Waals surface area contributed by atoms with Gasteiger partial charge in [0, 0.05) is 26.2 Å². The van der Waals surface area contributed by atoms with Gasteiger partial charge in [-0.15, -0.1) is 11.3 Å². The van der Waals surface area contributed by atoms with Crippen LogP contribution in [0.2, 0.25) is 0 Å². The summed E-state index contributed by atoms with van der Waals surface area (Å²) in [4.78, 5) is 23.0. The van der Waals surface area contributed by atoms with Crippen LogP contribution < -0.4 is 4.90 Å². The quantitative estimate of drug-likeness (QED) is 0.649. The molecule has 0 aliphatic carbocycles. The second kappa shape index (κ2) is 8.06. The maximum Gasteiger partial charge on any atom is 0.270 e. The van der Waals surface area contributed by atoms with Crippen molar-refractivity contribution in [2.75, 3.05) is 44.3 Å². The minimum absolute atomic E-state index is 0.0340. The summed E-state index contributed by atoms with van der Waals surface area (Å²) in [5.74, 6) is 0.0340. The van der Waals surface area contributed by atoms with Crippen molar-refractivity contribution in [3.8, 4) is 0 Å². The van der Waals surface area contributed by atoms with Crippen LogP contribution in [0, 0.1) is 13.8 Å². The van der Waals surface area contributed by atoms with Crippen molar-refractivity contribution < 1.29 is 9.53 Å². The van der Waals surface area contributed by atoms with E-state index in [2.05, 4.69) is 30.9 Å². The van der Waals surface area contributed by atoms with Crippen LogP contribution in [0.3, 0.4) is 0 Å². The number of ether oxygens (including phenoxy) is 1. The zero-order chi connectivity index (χ0) is 18.8. The average Bonchev–Trinajstić information content (AvgIpc) is 3.32. The summed E-state index contributed by atoms with van der Waals surface area (Å²) in [6.45, 7) is 9.00. The van der Waals surface area contributed by atoms with Crippen LogP contribution in [0.1, 0.15) is 20.8 Å². The summed E-state index contributed by atoms with van der Waals surface area (Å²) in [7, 11) is 0. The SMILES string of the molecule is Cc1cc(C)c2nc(N(CCN3CCOCC3)C(=O)c3cccs3)sc2c1. The molecule has 0 unspecified atom stereocenters. The molecule has 0 saturated carbocycles. The third-order valence-electron chi connectivity index (χ3n) is 4.77. The van der Waals surface area contributed by atoms with Gasteiger partial charge >= 0.3 is 0 Å².